The summed E-state index contributed by atoms with van der Waals surface area (Å²) in [7, 11) is 1.33. The van der Waals surface area contributed by atoms with E-state index < -0.39 is 5.97 Å². The van der Waals surface area contributed by atoms with Crippen molar-refractivity contribution in [2.75, 3.05) is 12.4 Å². The lowest BCUT2D eigenvalue weighted by atomic mass is 10.5. The summed E-state index contributed by atoms with van der Waals surface area (Å²) >= 11 is 1.21. The maximum Gasteiger partial charge on any atom is 0.349 e. The van der Waals surface area contributed by atoms with Gasteiger partial charge in [0.05, 0.1) is 31.4 Å². The number of nitrogens with zero attached hydrogens (tertiary/aromatic N) is 3. The lowest BCUT2D eigenvalue weighted by molar-refractivity contribution is 0.0606. The zero-order valence-electron chi connectivity index (χ0n) is 8.38. The van der Waals surface area contributed by atoms with Gasteiger partial charge in [0.1, 0.15) is 11.2 Å². The molecule has 82 valence electrons. The first-order valence-corrected chi connectivity index (χ1v) is 5.17. The van der Waals surface area contributed by atoms with Gasteiger partial charge in [-0.05, 0) is 0 Å². The van der Waals surface area contributed by atoms with E-state index in [2.05, 4.69) is 25.0 Å². The lowest BCUT2D eigenvalue weighted by Gasteiger charge is -1.98. The molecule has 2 heterocycles. The molecule has 0 fully saturated rings. The van der Waals surface area contributed by atoms with Crippen LogP contribution in [-0.4, -0.2) is 28.0 Å². The number of esters is 1. The maximum atomic E-state index is 11.2. The second kappa shape index (κ2) is 4.67. The molecule has 0 aliphatic heterocycles. The average Bonchev–Trinajstić information content (AvgIpc) is 2.78. The van der Waals surface area contributed by atoms with Gasteiger partial charge in [0.15, 0.2) is 5.13 Å². The molecule has 0 bridgehead atoms. The molecule has 7 heteroatoms. The Morgan fingerprint density at radius 2 is 2.12 bits per heavy atom. The fourth-order valence-electron chi connectivity index (χ4n) is 1.01. The Bertz CT molecular complexity index is 485. The number of hydrogen-bond donors (Lipinski definition) is 1. The molecule has 16 heavy (non-hydrogen) atoms. The molecule has 0 saturated carbocycles. The average molecular weight is 236 g/mol. The number of methoxy groups -OCH3 is 1. The van der Waals surface area contributed by atoms with E-state index in [0.29, 0.717) is 15.7 Å². The molecule has 0 unspecified atom stereocenters. The number of nitrogens with one attached hydrogen (secondary N) is 1. The number of thiazole rings is 1. The fraction of sp³-hybridized carbons (Fsp3) is 0.111. The Morgan fingerprint density at radius 3 is 2.81 bits per heavy atom. The third-order valence-electron chi connectivity index (χ3n) is 1.70. The van der Waals surface area contributed by atoms with E-state index in [0.717, 1.165) is 0 Å². The molecule has 6 nitrogen and oxygen atoms in total. The Hall–Kier alpha value is -2.02. The lowest BCUT2D eigenvalue weighted by Crippen LogP contribution is -1.96. The maximum absolute atomic E-state index is 11.2. The van der Waals surface area contributed by atoms with Crippen LogP contribution in [0.5, 0.6) is 0 Å². The highest BCUT2D eigenvalue weighted by atomic mass is 32.1. The van der Waals surface area contributed by atoms with E-state index in [1.54, 1.807) is 12.4 Å². The zero-order valence-corrected chi connectivity index (χ0v) is 9.19. The molecule has 2 rings (SSSR count). The van der Waals surface area contributed by atoms with Gasteiger partial charge in [0.2, 0.25) is 0 Å². The summed E-state index contributed by atoms with van der Waals surface area (Å²) in [6, 6.07) is 0. The Kier molecular flexibility index (Phi) is 3.06. The van der Waals surface area contributed by atoms with Crippen LogP contribution in [0.2, 0.25) is 0 Å². The highest BCUT2D eigenvalue weighted by molar-refractivity contribution is 7.17. The highest BCUT2D eigenvalue weighted by Gasteiger charge is 2.10. The largest absolute Gasteiger partial charge is 0.465 e. The molecule has 2 aromatic rings. The minimum absolute atomic E-state index is 0.394. The second-order valence-corrected chi connectivity index (χ2v) is 3.80. The quantitative estimate of drug-likeness (QED) is 0.813. The smallest absolute Gasteiger partial charge is 0.349 e. The number of aromatic nitrogens is 3. The summed E-state index contributed by atoms with van der Waals surface area (Å²) in [4.78, 5) is 23.4. The summed E-state index contributed by atoms with van der Waals surface area (Å²) in [5, 5.41) is 3.57. The number of rotatable bonds is 3. The van der Waals surface area contributed by atoms with Crippen molar-refractivity contribution < 1.29 is 9.53 Å². The van der Waals surface area contributed by atoms with Crippen LogP contribution in [0.1, 0.15) is 9.67 Å². The van der Waals surface area contributed by atoms with Crippen LogP contribution in [0.25, 0.3) is 0 Å². The predicted molar refractivity (Wildman–Crippen MR) is 58.8 cm³/mol. The second-order valence-electron chi connectivity index (χ2n) is 2.77. The molecule has 0 amide bonds. The molecular formula is C9H8N4O2S. The number of carbonyl (C=O) groups excluding carboxylic acids is 1. The molecule has 0 aromatic carbocycles. The Balaban J connectivity index is 2.12. The SMILES string of the molecule is COC(=O)c1cnc(Nc2cncnc2)s1. The van der Waals surface area contributed by atoms with E-state index in [-0.39, 0.29) is 0 Å². The van der Waals surface area contributed by atoms with Gasteiger partial charge >= 0.3 is 5.97 Å². The highest BCUT2D eigenvalue weighted by Crippen LogP contribution is 2.21. The van der Waals surface area contributed by atoms with Crippen LogP contribution < -0.4 is 5.32 Å². The van der Waals surface area contributed by atoms with Gasteiger partial charge in [0, 0.05) is 0 Å². The first-order valence-electron chi connectivity index (χ1n) is 4.36. The van der Waals surface area contributed by atoms with Gasteiger partial charge in [-0.25, -0.2) is 19.7 Å². The molecule has 0 saturated heterocycles. The topological polar surface area (TPSA) is 77.0 Å². The van der Waals surface area contributed by atoms with Gasteiger partial charge in [0.25, 0.3) is 0 Å². The van der Waals surface area contributed by atoms with Crippen LogP contribution in [0.4, 0.5) is 10.8 Å². The van der Waals surface area contributed by atoms with Crippen molar-refractivity contribution in [3.8, 4) is 0 Å². The van der Waals surface area contributed by atoms with E-state index in [4.69, 9.17) is 0 Å². The van der Waals surface area contributed by atoms with E-state index in [1.807, 2.05) is 0 Å². The summed E-state index contributed by atoms with van der Waals surface area (Å²) in [6.07, 6.45) is 6.13. The summed E-state index contributed by atoms with van der Waals surface area (Å²) in [5.41, 5.74) is 0.716. The third-order valence-corrected chi connectivity index (χ3v) is 2.60. The molecule has 2 aromatic heterocycles. The van der Waals surface area contributed by atoms with E-state index in [1.165, 1.54) is 31.0 Å². The number of ether oxygens (including phenoxy) is 1. The number of anilines is 2. The minimum atomic E-state index is -0.394. The Morgan fingerprint density at radius 1 is 1.38 bits per heavy atom. The molecule has 0 aliphatic rings. The first kappa shape index (κ1) is 10.5. The van der Waals surface area contributed by atoms with Crippen LogP contribution in [0, 0.1) is 0 Å². The summed E-state index contributed by atoms with van der Waals surface area (Å²) in [5.74, 6) is -0.394. The molecule has 0 spiro atoms. The van der Waals surface area contributed by atoms with Crippen molar-refractivity contribution in [1.29, 1.82) is 0 Å². The van der Waals surface area contributed by atoms with Crippen LogP contribution in [0.3, 0.4) is 0 Å². The molecule has 0 aliphatic carbocycles. The van der Waals surface area contributed by atoms with Crippen LogP contribution in [-0.2, 0) is 4.74 Å². The molecule has 0 atom stereocenters. The third kappa shape index (κ3) is 2.31. The molecular weight excluding hydrogens is 228 g/mol. The van der Waals surface area contributed by atoms with E-state index >= 15 is 0 Å². The summed E-state index contributed by atoms with van der Waals surface area (Å²) < 4.78 is 4.58. The van der Waals surface area contributed by atoms with Crippen molar-refractivity contribution in [2.24, 2.45) is 0 Å². The van der Waals surface area contributed by atoms with Crippen molar-refractivity contribution in [3.63, 3.8) is 0 Å². The zero-order chi connectivity index (χ0) is 11.4. The Labute approximate surface area is 95.3 Å². The van der Waals surface area contributed by atoms with Crippen LogP contribution in [0.15, 0.2) is 24.9 Å². The molecule has 1 N–H and O–H groups in total. The van der Waals surface area contributed by atoms with Crippen molar-refractivity contribution in [1.82, 2.24) is 15.0 Å². The molecule has 0 radical (unpaired) electrons. The van der Waals surface area contributed by atoms with Crippen molar-refractivity contribution in [3.05, 3.63) is 29.8 Å². The number of hydrogen-bond acceptors (Lipinski definition) is 7. The summed E-state index contributed by atoms with van der Waals surface area (Å²) in [6.45, 7) is 0. The van der Waals surface area contributed by atoms with Gasteiger partial charge in [-0.15, -0.1) is 0 Å². The van der Waals surface area contributed by atoms with E-state index in [9.17, 15) is 4.79 Å². The minimum Gasteiger partial charge on any atom is -0.465 e. The van der Waals surface area contributed by atoms with Gasteiger partial charge in [-0.1, -0.05) is 11.3 Å². The van der Waals surface area contributed by atoms with Crippen molar-refractivity contribution >= 4 is 28.1 Å². The van der Waals surface area contributed by atoms with Gasteiger partial charge in [-0.3, -0.25) is 0 Å². The van der Waals surface area contributed by atoms with Gasteiger partial charge < -0.3 is 10.1 Å². The normalized spacial score (nSPS) is 9.81. The van der Waals surface area contributed by atoms with Crippen LogP contribution >= 0.6 is 11.3 Å². The standard InChI is InChI=1S/C9H8N4O2S/c1-15-8(14)7-4-12-9(16-7)13-6-2-10-5-11-3-6/h2-5H,1H3,(H,12,13). The number of carbonyl (C=O) groups is 1. The predicted octanol–water partition coefficient (Wildman–Crippen LogP) is 1.46. The fourth-order valence-corrected chi connectivity index (χ4v) is 1.77. The first-order chi connectivity index (χ1) is 7.79. The van der Waals surface area contributed by atoms with Crippen molar-refractivity contribution in [2.45, 2.75) is 0 Å². The van der Waals surface area contributed by atoms with Gasteiger partial charge in [-0.2, -0.15) is 0 Å². The monoisotopic (exact) mass is 236 g/mol.